The molecule has 1 fully saturated rings. The molecule has 1 aromatic carbocycles. The largest absolute Gasteiger partial charge is 0.380 e. The lowest BCUT2D eigenvalue weighted by atomic mass is 10.0. The van der Waals surface area contributed by atoms with Crippen molar-refractivity contribution < 1.29 is 4.74 Å². The second-order valence-corrected chi connectivity index (χ2v) is 5.56. The van der Waals surface area contributed by atoms with Crippen LogP contribution in [-0.2, 0) is 4.74 Å². The summed E-state index contributed by atoms with van der Waals surface area (Å²) in [5.41, 5.74) is 1.99. The van der Waals surface area contributed by atoms with Crippen LogP contribution in [0.1, 0.15) is 19.8 Å². The van der Waals surface area contributed by atoms with Crippen LogP contribution in [0, 0.1) is 0 Å². The lowest BCUT2D eigenvalue weighted by molar-refractivity contribution is 0.0232. The van der Waals surface area contributed by atoms with Gasteiger partial charge in [0, 0.05) is 25.0 Å². The van der Waals surface area contributed by atoms with Gasteiger partial charge in [-0.3, -0.25) is 0 Å². The van der Waals surface area contributed by atoms with Crippen LogP contribution in [0.4, 0.5) is 5.69 Å². The third kappa shape index (κ3) is 2.81. The number of benzene rings is 1. The number of halogens is 1. The summed E-state index contributed by atoms with van der Waals surface area (Å²) in [5, 5.41) is 4.31. The molecule has 106 valence electrons. The van der Waals surface area contributed by atoms with Crippen LogP contribution in [0.25, 0.3) is 5.69 Å². The molecule has 5 heteroatoms. The number of aromatic nitrogens is 2. The highest BCUT2D eigenvalue weighted by Crippen LogP contribution is 2.30. The minimum absolute atomic E-state index is 0.303. The highest BCUT2D eigenvalue weighted by Gasteiger charge is 2.20. The lowest BCUT2D eigenvalue weighted by Crippen LogP contribution is -2.32. The third-order valence-corrected chi connectivity index (χ3v) is 3.90. The van der Waals surface area contributed by atoms with Gasteiger partial charge < -0.3 is 14.6 Å². The van der Waals surface area contributed by atoms with Crippen molar-refractivity contribution in [3.63, 3.8) is 0 Å². The fourth-order valence-electron chi connectivity index (χ4n) is 2.63. The highest BCUT2D eigenvalue weighted by atomic mass is 35.5. The average Bonchev–Trinajstić information content (AvgIpc) is 2.92. The van der Waals surface area contributed by atoms with Gasteiger partial charge in [0.1, 0.15) is 0 Å². The number of rotatable bonds is 3. The van der Waals surface area contributed by atoms with Crippen molar-refractivity contribution in [2.24, 2.45) is 0 Å². The highest BCUT2D eigenvalue weighted by molar-refractivity contribution is 6.33. The summed E-state index contributed by atoms with van der Waals surface area (Å²) in [7, 11) is 0. The van der Waals surface area contributed by atoms with Crippen LogP contribution in [0.5, 0.6) is 0 Å². The molecule has 3 rings (SSSR count). The first-order valence-electron chi connectivity index (χ1n) is 6.89. The molecule has 0 bridgehead atoms. The van der Waals surface area contributed by atoms with Gasteiger partial charge in [-0.25, -0.2) is 4.98 Å². The van der Waals surface area contributed by atoms with Gasteiger partial charge in [0.2, 0.25) is 0 Å². The van der Waals surface area contributed by atoms with E-state index >= 15 is 0 Å². The van der Waals surface area contributed by atoms with E-state index < -0.39 is 0 Å². The Morgan fingerprint density at radius 2 is 2.35 bits per heavy atom. The molecule has 20 heavy (non-hydrogen) atoms. The molecule has 2 heterocycles. The molecule has 2 aromatic rings. The third-order valence-electron chi connectivity index (χ3n) is 3.59. The van der Waals surface area contributed by atoms with Gasteiger partial charge in [-0.2, -0.15) is 0 Å². The maximum atomic E-state index is 6.35. The molecular weight excluding hydrogens is 274 g/mol. The molecule has 1 aliphatic heterocycles. The van der Waals surface area contributed by atoms with Crippen molar-refractivity contribution in [2.45, 2.75) is 31.9 Å². The van der Waals surface area contributed by atoms with E-state index in [9.17, 15) is 0 Å². The first-order valence-corrected chi connectivity index (χ1v) is 7.27. The summed E-state index contributed by atoms with van der Waals surface area (Å²) >= 11 is 6.35. The van der Waals surface area contributed by atoms with Gasteiger partial charge >= 0.3 is 0 Å². The van der Waals surface area contributed by atoms with Crippen LogP contribution in [0.3, 0.4) is 0 Å². The number of hydrogen-bond acceptors (Lipinski definition) is 3. The summed E-state index contributed by atoms with van der Waals surface area (Å²) < 4.78 is 7.53. The number of ether oxygens (including phenoxy) is 1. The number of para-hydroxylation sites is 1. The first kappa shape index (κ1) is 13.5. The average molecular weight is 292 g/mol. The molecule has 2 unspecified atom stereocenters. The monoisotopic (exact) mass is 291 g/mol. The minimum atomic E-state index is 0.303. The predicted octanol–water partition coefficient (Wildman–Crippen LogP) is 3.51. The standard InChI is InChI=1S/C15H18ClN3O/c1-11-9-12(5-8-20-11)18-14-4-2-3-13(16)15(14)19-7-6-17-10-19/h2-4,6-7,10-12,18H,5,8-9H2,1H3. The summed E-state index contributed by atoms with van der Waals surface area (Å²) in [4.78, 5) is 4.10. The van der Waals surface area contributed by atoms with Crippen molar-refractivity contribution in [1.82, 2.24) is 9.55 Å². The molecule has 0 saturated carbocycles. The molecular formula is C15H18ClN3O. The van der Waals surface area contributed by atoms with Crippen LogP contribution < -0.4 is 5.32 Å². The van der Waals surface area contributed by atoms with Crippen molar-refractivity contribution in [1.29, 1.82) is 0 Å². The number of anilines is 1. The SMILES string of the molecule is CC1CC(Nc2cccc(Cl)c2-n2ccnc2)CCO1. The second kappa shape index (κ2) is 5.85. The Kier molecular flexibility index (Phi) is 3.94. The van der Waals surface area contributed by atoms with E-state index in [4.69, 9.17) is 16.3 Å². The fourth-order valence-corrected chi connectivity index (χ4v) is 2.91. The Morgan fingerprint density at radius 3 is 3.10 bits per heavy atom. The Bertz CT molecular complexity index is 571. The maximum absolute atomic E-state index is 6.35. The molecule has 0 spiro atoms. The van der Waals surface area contributed by atoms with Gasteiger partial charge in [0.15, 0.2) is 0 Å². The zero-order chi connectivity index (χ0) is 13.9. The number of nitrogens with zero attached hydrogens (tertiary/aromatic N) is 2. The summed E-state index contributed by atoms with van der Waals surface area (Å²) in [6.45, 7) is 2.92. The van der Waals surface area contributed by atoms with Gasteiger partial charge in [-0.15, -0.1) is 0 Å². The Balaban J connectivity index is 1.88. The maximum Gasteiger partial charge on any atom is 0.0992 e. The van der Waals surface area contributed by atoms with Crippen molar-refractivity contribution in [2.75, 3.05) is 11.9 Å². The van der Waals surface area contributed by atoms with Crippen LogP contribution in [0.2, 0.25) is 5.02 Å². The smallest absolute Gasteiger partial charge is 0.0992 e. The van der Waals surface area contributed by atoms with E-state index in [1.807, 2.05) is 22.9 Å². The first-order chi connectivity index (χ1) is 9.74. The van der Waals surface area contributed by atoms with Crippen molar-refractivity contribution in [3.8, 4) is 5.69 Å². The van der Waals surface area contributed by atoms with E-state index in [1.54, 1.807) is 12.5 Å². The van der Waals surface area contributed by atoms with E-state index in [0.29, 0.717) is 17.2 Å². The Hall–Kier alpha value is -1.52. The quantitative estimate of drug-likeness (QED) is 0.940. The van der Waals surface area contributed by atoms with Gasteiger partial charge in [0.25, 0.3) is 0 Å². The van der Waals surface area contributed by atoms with E-state index in [-0.39, 0.29) is 0 Å². The lowest BCUT2D eigenvalue weighted by Gasteiger charge is -2.29. The molecule has 0 radical (unpaired) electrons. The molecule has 2 atom stereocenters. The van der Waals surface area contributed by atoms with Crippen LogP contribution in [0.15, 0.2) is 36.9 Å². The fraction of sp³-hybridized carbons (Fsp3) is 0.400. The molecule has 1 aliphatic rings. The molecule has 0 amide bonds. The minimum Gasteiger partial charge on any atom is -0.380 e. The van der Waals surface area contributed by atoms with Gasteiger partial charge in [0.05, 0.1) is 28.8 Å². The van der Waals surface area contributed by atoms with E-state index in [1.165, 1.54) is 0 Å². The molecule has 1 saturated heterocycles. The van der Waals surface area contributed by atoms with Crippen molar-refractivity contribution >= 4 is 17.3 Å². The molecule has 1 N–H and O–H groups in total. The summed E-state index contributed by atoms with van der Waals surface area (Å²) in [6, 6.07) is 6.34. The van der Waals surface area contributed by atoms with E-state index in [2.05, 4.69) is 23.3 Å². The van der Waals surface area contributed by atoms with E-state index in [0.717, 1.165) is 30.8 Å². The second-order valence-electron chi connectivity index (χ2n) is 5.15. The normalized spacial score (nSPS) is 22.7. The number of hydrogen-bond donors (Lipinski definition) is 1. The molecule has 1 aromatic heterocycles. The summed E-state index contributed by atoms with van der Waals surface area (Å²) in [6.07, 6.45) is 7.75. The molecule has 0 aliphatic carbocycles. The molecule has 4 nitrogen and oxygen atoms in total. The Morgan fingerprint density at radius 1 is 1.45 bits per heavy atom. The summed E-state index contributed by atoms with van der Waals surface area (Å²) in [5.74, 6) is 0. The number of imidazole rings is 1. The van der Waals surface area contributed by atoms with Crippen LogP contribution >= 0.6 is 11.6 Å². The zero-order valence-corrected chi connectivity index (χ0v) is 12.2. The predicted molar refractivity (Wildman–Crippen MR) is 80.6 cm³/mol. The number of nitrogens with one attached hydrogen (secondary N) is 1. The Labute approximate surface area is 123 Å². The van der Waals surface area contributed by atoms with Gasteiger partial charge in [-0.05, 0) is 31.9 Å². The van der Waals surface area contributed by atoms with Gasteiger partial charge in [-0.1, -0.05) is 17.7 Å². The van der Waals surface area contributed by atoms with Crippen LogP contribution in [-0.4, -0.2) is 28.3 Å². The zero-order valence-electron chi connectivity index (χ0n) is 11.4. The topological polar surface area (TPSA) is 39.1 Å². The van der Waals surface area contributed by atoms with Crippen molar-refractivity contribution in [3.05, 3.63) is 41.9 Å².